The number of amides is 2. The molecule has 2 amide bonds. The largest absolute Gasteiger partial charge is 0.330 e. The number of nitro groups is 1. The molecule has 2 heterocycles. The summed E-state index contributed by atoms with van der Waals surface area (Å²) in [5.41, 5.74) is 0.157. The van der Waals surface area contributed by atoms with Gasteiger partial charge in [0.05, 0.1) is 4.92 Å². The highest BCUT2D eigenvalue weighted by Crippen LogP contribution is 2.30. The lowest BCUT2D eigenvalue weighted by molar-refractivity contribution is -0.385. The number of anilines is 1. The molecule has 1 aromatic heterocycles. The molecule has 8 nitrogen and oxygen atoms in total. The fourth-order valence-corrected chi connectivity index (χ4v) is 3.74. The van der Waals surface area contributed by atoms with Crippen LogP contribution in [0.4, 0.5) is 11.5 Å². The van der Waals surface area contributed by atoms with Crippen LogP contribution < -0.4 is 5.32 Å². The Morgan fingerprint density at radius 1 is 1.24 bits per heavy atom. The van der Waals surface area contributed by atoms with Crippen LogP contribution in [0.15, 0.2) is 12.1 Å². The number of carbonyl (C=O) groups is 2. The van der Waals surface area contributed by atoms with Crippen molar-refractivity contribution in [1.29, 1.82) is 0 Å². The van der Waals surface area contributed by atoms with Gasteiger partial charge in [-0.25, -0.2) is 4.98 Å². The van der Waals surface area contributed by atoms with Gasteiger partial charge in [0.25, 0.3) is 5.69 Å². The van der Waals surface area contributed by atoms with Crippen molar-refractivity contribution in [2.24, 2.45) is 5.92 Å². The van der Waals surface area contributed by atoms with E-state index in [9.17, 15) is 19.7 Å². The van der Waals surface area contributed by atoms with E-state index in [2.05, 4.69) is 10.3 Å². The molecule has 0 spiro atoms. The van der Waals surface area contributed by atoms with Crippen molar-refractivity contribution in [1.82, 2.24) is 9.88 Å². The second-order valence-electron chi connectivity index (χ2n) is 6.72. The van der Waals surface area contributed by atoms with Crippen LogP contribution >= 0.6 is 0 Å². The molecule has 1 saturated carbocycles. The Morgan fingerprint density at radius 3 is 2.60 bits per heavy atom. The minimum atomic E-state index is -0.507. The third-order valence-electron chi connectivity index (χ3n) is 5.05. The number of hydrogen-bond donors (Lipinski definition) is 1. The first-order valence-corrected chi connectivity index (χ1v) is 8.71. The Hall–Kier alpha value is -2.51. The summed E-state index contributed by atoms with van der Waals surface area (Å²) in [4.78, 5) is 41.3. The minimum Gasteiger partial charge on any atom is -0.330 e. The van der Waals surface area contributed by atoms with E-state index in [1.807, 2.05) is 0 Å². The molecule has 0 aromatic carbocycles. The number of aromatic nitrogens is 1. The Kier molecular flexibility index (Phi) is 4.96. The van der Waals surface area contributed by atoms with Crippen molar-refractivity contribution in [3.05, 3.63) is 27.9 Å². The van der Waals surface area contributed by atoms with Crippen LogP contribution in [0.2, 0.25) is 0 Å². The van der Waals surface area contributed by atoms with E-state index in [4.69, 9.17) is 0 Å². The molecule has 2 aliphatic rings. The van der Waals surface area contributed by atoms with Crippen LogP contribution in [0.25, 0.3) is 0 Å². The Bertz CT molecular complexity index is 700. The maximum Gasteiger partial charge on any atom is 0.290 e. The summed E-state index contributed by atoms with van der Waals surface area (Å²) in [5.74, 6) is 0.133. The average Bonchev–Trinajstić information content (AvgIpc) is 3.25. The van der Waals surface area contributed by atoms with Gasteiger partial charge in [0.15, 0.2) is 0 Å². The van der Waals surface area contributed by atoms with Crippen LogP contribution in [0.5, 0.6) is 0 Å². The van der Waals surface area contributed by atoms with Gasteiger partial charge in [-0.3, -0.25) is 19.7 Å². The van der Waals surface area contributed by atoms with Crippen LogP contribution in [-0.2, 0) is 9.59 Å². The summed E-state index contributed by atoms with van der Waals surface area (Å²) in [7, 11) is 0. The molecule has 0 bridgehead atoms. The third kappa shape index (κ3) is 3.62. The van der Waals surface area contributed by atoms with Crippen LogP contribution in [0, 0.1) is 23.0 Å². The van der Waals surface area contributed by atoms with Crippen molar-refractivity contribution < 1.29 is 14.5 Å². The molecule has 3 rings (SSSR count). The molecule has 1 aliphatic heterocycles. The molecule has 134 valence electrons. The summed E-state index contributed by atoms with van der Waals surface area (Å²) in [5, 5.41) is 13.5. The van der Waals surface area contributed by atoms with Gasteiger partial charge in [0.2, 0.25) is 11.8 Å². The first-order chi connectivity index (χ1) is 12.0. The van der Waals surface area contributed by atoms with E-state index >= 15 is 0 Å². The lowest BCUT2D eigenvalue weighted by atomic mass is 10.1. The van der Waals surface area contributed by atoms with Gasteiger partial charge in [-0.1, -0.05) is 12.8 Å². The van der Waals surface area contributed by atoms with E-state index in [0.29, 0.717) is 13.0 Å². The van der Waals surface area contributed by atoms with Crippen LogP contribution in [0.3, 0.4) is 0 Å². The first-order valence-electron chi connectivity index (χ1n) is 8.71. The summed E-state index contributed by atoms with van der Waals surface area (Å²) < 4.78 is 0. The van der Waals surface area contributed by atoms with E-state index in [0.717, 1.165) is 32.1 Å². The summed E-state index contributed by atoms with van der Waals surface area (Å²) in [6.45, 7) is 2.14. The molecular formula is C17H22N4O4. The quantitative estimate of drug-likeness (QED) is 0.666. The van der Waals surface area contributed by atoms with Crippen molar-refractivity contribution in [2.45, 2.75) is 51.5 Å². The van der Waals surface area contributed by atoms with Gasteiger partial charge < -0.3 is 10.2 Å². The number of pyridine rings is 1. The van der Waals surface area contributed by atoms with Gasteiger partial charge in [-0.2, -0.15) is 0 Å². The monoisotopic (exact) mass is 346 g/mol. The van der Waals surface area contributed by atoms with Gasteiger partial charge in [-0.05, 0) is 38.7 Å². The van der Waals surface area contributed by atoms with E-state index in [-0.39, 0.29) is 34.9 Å². The lowest BCUT2D eigenvalue weighted by Crippen LogP contribution is -2.45. The second-order valence-corrected chi connectivity index (χ2v) is 6.72. The van der Waals surface area contributed by atoms with Crippen LogP contribution in [-0.4, -0.2) is 39.2 Å². The van der Waals surface area contributed by atoms with Crippen molar-refractivity contribution in [3.8, 4) is 0 Å². The highest BCUT2D eigenvalue weighted by molar-refractivity contribution is 5.97. The molecule has 1 atom stereocenters. The molecular weight excluding hydrogens is 324 g/mol. The molecule has 1 N–H and O–H groups in total. The van der Waals surface area contributed by atoms with Gasteiger partial charge >= 0.3 is 0 Å². The fraction of sp³-hybridized carbons (Fsp3) is 0.588. The number of hydrogen-bond acceptors (Lipinski definition) is 5. The SMILES string of the molecule is Cc1nc(NC(=O)[C@H]2CCCN2C(=O)C2CCCC2)ccc1[N+](=O)[O-]. The Balaban J connectivity index is 1.68. The highest BCUT2D eigenvalue weighted by Gasteiger charge is 2.37. The number of carbonyl (C=O) groups excluding carboxylic acids is 2. The second kappa shape index (κ2) is 7.16. The summed E-state index contributed by atoms with van der Waals surface area (Å²) >= 11 is 0. The smallest absolute Gasteiger partial charge is 0.290 e. The minimum absolute atomic E-state index is 0.0492. The maximum atomic E-state index is 12.6. The normalized spacial score (nSPS) is 20.7. The third-order valence-corrected chi connectivity index (χ3v) is 5.05. The van der Waals surface area contributed by atoms with Crippen LogP contribution in [0.1, 0.15) is 44.2 Å². The number of nitrogens with one attached hydrogen (secondary N) is 1. The number of rotatable bonds is 4. The fourth-order valence-electron chi connectivity index (χ4n) is 3.74. The van der Waals surface area contributed by atoms with Gasteiger partial charge in [0.1, 0.15) is 17.6 Å². The van der Waals surface area contributed by atoms with E-state index < -0.39 is 11.0 Å². The Morgan fingerprint density at radius 2 is 1.96 bits per heavy atom. The van der Waals surface area contributed by atoms with Gasteiger partial charge in [-0.15, -0.1) is 0 Å². The van der Waals surface area contributed by atoms with E-state index in [1.165, 1.54) is 19.1 Å². The number of aryl methyl sites for hydroxylation is 1. The molecule has 1 aliphatic carbocycles. The summed E-state index contributed by atoms with van der Waals surface area (Å²) in [6.07, 6.45) is 5.42. The number of nitrogens with zero attached hydrogens (tertiary/aromatic N) is 3. The van der Waals surface area contributed by atoms with Crippen molar-refractivity contribution in [2.75, 3.05) is 11.9 Å². The topological polar surface area (TPSA) is 105 Å². The lowest BCUT2D eigenvalue weighted by Gasteiger charge is -2.26. The molecule has 1 saturated heterocycles. The maximum absolute atomic E-state index is 12.6. The zero-order chi connectivity index (χ0) is 18.0. The molecule has 8 heteroatoms. The molecule has 0 radical (unpaired) electrons. The zero-order valence-corrected chi connectivity index (χ0v) is 14.2. The van der Waals surface area contributed by atoms with Crippen molar-refractivity contribution in [3.63, 3.8) is 0 Å². The molecule has 2 fully saturated rings. The molecule has 0 unspecified atom stereocenters. The predicted molar refractivity (Wildman–Crippen MR) is 91.0 cm³/mol. The van der Waals surface area contributed by atoms with Crippen molar-refractivity contribution >= 4 is 23.3 Å². The average molecular weight is 346 g/mol. The summed E-state index contributed by atoms with van der Waals surface area (Å²) in [6, 6.07) is 2.26. The standard InChI is InChI=1S/C17H22N4O4/c1-11-13(21(24)25)8-9-15(18-11)19-16(22)14-7-4-10-20(14)17(23)12-5-2-3-6-12/h8-9,12,14H,2-7,10H2,1H3,(H,18,19,22)/t14-/m1/s1. The zero-order valence-electron chi connectivity index (χ0n) is 14.2. The molecule has 25 heavy (non-hydrogen) atoms. The van der Waals surface area contributed by atoms with E-state index in [1.54, 1.807) is 4.90 Å². The number of likely N-dealkylation sites (tertiary alicyclic amines) is 1. The van der Waals surface area contributed by atoms with Gasteiger partial charge in [0, 0.05) is 18.5 Å². The Labute approximate surface area is 145 Å². The highest BCUT2D eigenvalue weighted by atomic mass is 16.6. The predicted octanol–water partition coefficient (Wildman–Crippen LogP) is 2.42. The first kappa shape index (κ1) is 17.3. The molecule has 1 aromatic rings.